The second-order valence-electron chi connectivity index (χ2n) is 18.9. The van der Waals surface area contributed by atoms with Gasteiger partial charge >= 0.3 is 0 Å². The van der Waals surface area contributed by atoms with Crippen molar-refractivity contribution in [3.63, 3.8) is 0 Å². The summed E-state index contributed by atoms with van der Waals surface area (Å²) in [5.41, 5.74) is 6.09. The van der Waals surface area contributed by atoms with Crippen molar-refractivity contribution < 1.29 is 29.0 Å². The first kappa shape index (κ1) is 45.7. The number of aryl methyl sites for hydroxylation is 1. The predicted molar refractivity (Wildman–Crippen MR) is 268 cm³/mol. The van der Waals surface area contributed by atoms with Crippen LogP contribution >= 0.6 is 0 Å². The molecule has 4 aliphatic rings. The number of nitrogens with zero attached hydrogens (tertiary/aromatic N) is 8. The number of aromatic nitrogens is 3. The molecule has 1 spiro atoms. The molecule has 1 aromatic heterocycles. The molecule has 6 aromatic rings. The van der Waals surface area contributed by atoms with E-state index >= 15 is 4.79 Å². The zero-order chi connectivity index (χ0) is 47.9. The van der Waals surface area contributed by atoms with Gasteiger partial charge in [0.1, 0.15) is 5.75 Å². The first-order valence-electron chi connectivity index (χ1n) is 23.8. The highest BCUT2D eigenvalue weighted by Crippen LogP contribution is 2.60. The van der Waals surface area contributed by atoms with Crippen LogP contribution in [-0.4, -0.2) is 77.1 Å². The largest absolute Gasteiger partial charge is 0.497 e. The van der Waals surface area contributed by atoms with Crippen LogP contribution in [0.15, 0.2) is 144 Å². The molecule has 4 aliphatic heterocycles. The Kier molecular flexibility index (Phi) is 12.4. The van der Waals surface area contributed by atoms with Crippen LogP contribution in [0.3, 0.4) is 0 Å². The average molecular weight is 941 g/mol. The number of rotatable bonds is 14. The second kappa shape index (κ2) is 18.8. The fourth-order valence-corrected chi connectivity index (χ4v) is 15.0. The van der Waals surface area contributed by atoms with Crippen molar-refractivity contribution in [2.45, 2.75) is 88.9 Å². The minimum absolute atomic E-state index is 0.0279. The molecule has 0 radical (unpaired) electrons. The van der Waals surface area contributed by atoms with Crippen LogP contribution in [-0.2, 0) is 44.2 Å². The summed E-state index contributed by atoms with van der Waals surface area (Å²) >= 11 is 0. The Labute approximate surface area is 402 Å². The third-order valence-corrected chi connectivity index (χ3v) is 18.8. The lowest BCUT2D eigenvalue weighted by atomic mass is 9.82. The van der Waals surface area contributed by atoms with Gasteiger partial charge < -0.3 is 19.5 Å². The number of amides is 3. The molecule has 0 unspecified atom stereocenters. The zero-order valence-corrected chi connectivity index (χ0v) is 40.4. The van der Waals surface area contributed by atoms with Gasteiger partial charge in [-0.15, -0.1) is 5.10 Å². The Balaban J connectivity index is 1.07. The van der Waals surface area contributed by atoms with E-state index in [9.17, 15) is 14.7 Å². The first-order chi connectivity index (χ1) is 33.5. The van der Waals surface area contributed by atoms with Crippen LogP contribution < -0.4 is 24.8 Å². The molecule has 5 heterocycles. The van der Waals surface area contributed by atoms with Gasteiger partial charge in [-0.25, -0.2) is 10.0 Å². The lowest BCUT2D eigenvalue weighted by Gasteiger charge is -2.37. The number of hydrazone groups is 2. The van der Waals surface area contributed by atoms with Crippen LogP contribution in [0.4, 0.5) is 17.1 Å². The molecule has 15 heteroatoms. The molecular weight excluding hydrogens is 885 g/mol. The number of benzene rings is 5. The van der Waals surface area contributed by atoms with E-state index in [1.54, 1.807) is 11.8 Å². The number of carbonyl (C=O) groups is 3. The summed E-state index contributed by atoms with van der Waals surface area (Å²) in [5, 5.41) is 32.2. The summed E-state index contributed by atoms with van der Waals surface area (Å²) in [7, 11) is -0.867. The Morgan fingerprint density at radius 1 is 0.768 bits per heavy atom. The number of ether oxygens (including phenoxy) is 2. The van der Waals surface area contributed by atoms with Crippen LogP contribution in [0.5, 0.6) is 5.75 Å². The van der Waals surface area contributed by atoms with E-state index in [4.69, 9.17) is 19.7 Å². The highest BCUT2D eigenvalue weighted by Gasteiger charge is 2.66. The maximum atomic E-state index is 16.0. The number of hydrogen-bond acceptors (Lipinski definition) is 10. The van der Waals surface area contributed by atoms with Gasteiger partial charge in [-0.05, 0) is 71.1 Å². The Hall–Kier alpha value is -7.07. The van der Waals surface area contributed by atoms with E-state index in [2.05, 4.69) is 42.5 Å². The van der Waals surface area contributed by atoms with Gasteiger partial charge in [0.25, 0.3) is 5.91 Å². The lowest BCUT2D eigenvalue weighted by molar-refractivity contribution is -0.146. The summed E-state index contributed by atoms with van der Waals surface area (Å²) in [6.45, 7) is 7.49. The molecule has 5 aromatic carbocycles. The smallest absolute Gasteiger partial charge is 0.264 e. The number of anilines is 3. The molecule has 1 fully saturated rings. The lowest BCUT2D eigenvalue weighted by Crippen LogP contribution is -2.51. The Bertz CT molecular complexity index is 2960. The van der Waals surface area contributed by atoms with Crippen molar-refractivity contribution in [2.24, 2.45) is 16.1 Å². The van der Waals surface area contributed by atoms with Crippen molar-refractivity contribution in [3.05, 3.63) is 162 Å². The zero-order valence-electron chi connectivity index (χ0n) is 39.4. The minimum atomic E-state index is -2.53. The van der Waals surface area contributed by atoms with E-state index in [1.807, 2.05) is 126 Å². The molecule has 0 aliphatic carbocycles. The van der Waals surface area contributed by atoms with Crippen LogP contribution in [0.1, 0.15) is 67.0 Å². The van der Waals surface area contributed by atoms with Crippen molar-refractivity contribution in [1.29, 1.82) is 0 Å². The Morgan fingerprint density at radius 2 is 1.41 bits per heavy atom. The predicted octanol–water partition coefficient (Wildman–Crippen LogP) is 7.74. The molecule has 0 saturated carbocycles. The third-order valence-electron chi connectivity index (χ3n) is 14.4. The van der Waals surface area contributed by atoms with Crippen molar-refractivity contribution in [1.82, 2.24) is 15.0 Å². The molecule has 10 rings (SSSR count). The number of aliphatic hydroxyl groups is 1. The van der Waals surface area contributed by atoms with E-state index in [-0.39, 0.29) is 54.9 Å². The summed E-state index contributed by atoms with van der Waals surface area (Å²) in [6.07, 6.45) is 4.09. The highest BCUT2D eigenvalue weighted by molar-refractivity contribution is 6.91. The highest BCUT2D eigenvalue weighted by atomic mass is 28.3. The Morgan fingerprint density at radius 3 is 2.03 bits per heavy atom. The summed E-state index contributed by atoms with van der Waals surface area (Å²) in [4.78, 5) is 45.1. The molecule has 3 amide bonds. The topological polar surface area (TPSA) is 155 Å². The van der Waals surface area contributed by atoms with Gasteiger partial charge in [0.15, 0.2) is 5.60 Å². The van der Waals surface area contributed by atoms with Gasteiger partial charge in [0.2, 0.25) is 11.8 Å². The van der Waals surface area contributed by atoms with Gasteiger partial charge in [0, 0.05) is 62.9 Å². The van der Waals surface area contributed by atoms with Crippen molar-refractivity contribution >= 4 is 59.5 Å². The van der Waals surface area contributed by atoms with Gasteiger partial charge in [0.05, 0.1) is 62.0 Å². The van der Waals surface area contributed by atoms with Gasteiger partial charge in [-0.2, -0.15) is 10.2 Å². The molecule has 1 N–H and O–H groups in total. The van der Waals surface area contributed by atoms with E-state index in [1.165, 1.54) is 15.2 Å². The van der Waals surface area contributed by atoms with Crippen LogP contribution in [0.2, 0.25) is 18.6 Å². The quantitative estimate of drug-likeness (QED) is 0.109. The molecule has 352 valence electrons. The molecule has 0 bridgehead atoms. The van der Waals surface area contributed by atoms with Crippen molar-refractivity contribution in [3.8, 4) is 5.75 Å². The van der Waals surface area contributed by atoms with E-state index < -0.39 is 13.7 Å². The summed E-state index contributed by atoms with van der Waals surface area (Å²) in [6, 6.07) is 41.5. The second-order valence-corrected chi connectivity index (χ2v) is 23.6. The molecular formula is C54H56N8O6Si. The maximum Gasteiger partial charge on any atom is 0.264 e. The van der Waals surface area contributed by atoms with Gasteiger partial charge in [-0.1, -0.05) is 115 Å². The summed E-state index contributed by atoms with van der Waals surface area (Å²) in [5.74, 6) is 0.00686. The van der Waals surface area contributed by atoms with E-state index in [0.717, 1.165) is 33.9 Å². The molecule has 4 atom stereocenters. The normalized spacial score (nSPS) is 21.5. The van der Waals surface area contributed by atoms with Crippen LogP contribution in [0, 0.1) is 5.92 Å². The fourth-order valence-electron chi connectivity index (χ4n) is 10.9. The number of carbonyl (C=O) groups excluding carboxylic acids is 3. The van der Waals surface area contributed by atoms with Gasteiger partial charge in [-0.3, -0.25) is 19.1 Å². The standard InChI is InChI=1S/C54H56N8O6Si/c1-36-52(69(3,4)44-21-19-43(67-2)20-22-44)49(28-30-59-35-40(29-31-63)55-58-59)68-54(36)45-33-42(62-51(65)27-24-47(57-62)39-15-9-6-10-16-39)18-25-48(45)60(53(54)66)34-37-12-11-17-41(32-37)61-50(64)26-23-46(56-61)38-13-7-5-8-14-38/h5-22,25,32-33,35-36,49,52,63H,23-24,26-31,34H2,1-4H3/t36-,49+,52-,54+/m0/s1. The summed E-state index contributed by atoms with van der Waals surface area (Å²) < 4.78 is 14.9. The monoisotopic (exact) mass is 940 g/mol. The molecule has 1 saturated heterocycles. The fraction of sp³-hybridized carbons (Fsp3) is 0.315. The molecule has 14 nitrogen and oxygen atoms in total. The maximum absolute atomic E-state index is 16.0. The number of methoxy groups -OCH3 is 1. The average Bonchev–Trinajstić information content (AvgIpc) is 4.03. The number of fused-ring (bicyclic) bond motifs is 2. The number of aliphatic hydroxyl groups excluding tert-OH is 1. The van der Waals surface area contributed by atoms with Crippen molar-refractivity contribution in [2.75, 3.05) is 28.6 Å². The third kappa shape index (κ3) is 8.48. The SMILES string of the molecule is COc1ccc([Si](C)(C)[C@@H]2[C@@H](CCn3cc(CCO)nn3)O[C@]3(C(=O)N(Cc4cccc(N5N=C(c6ccccc6)CCC5=O)c4)c4ccc(N5N=C(c6ccccc6)CCC5=O)cc43)[C@H]2C)cc1. The first-order valence-corrected chi connectivity index (χ1v) is 26.9. The minimum Gasteiger partial charge on any atom is -0.497 e. The number of hydrogen-bond donors (Lipinski definition) is 1. The van der Waals surface area contributed by atoms with E-state index in [0.29, 0.717) is 67.0 Å². The molecule has 69 heavy (non-hydrogen) atoms. The van der Waals surface area contributed by atoms with Crippen LogP contribution in [0.25, 0.3) is 0 Å².